The Labute approximate surface area is 203 Å². The molecule has 180 valence electrons. The van der Waals surface area contributed by atoms with E-state index in [4.69, 9.17) is 9.47 Å². The van der Waals surface area contributed by atoms with E-state index in [1.807, 2.05) is 47.0 Å². The molecule has 0 saturated heterocycles. The first-order valence-electron chi connectivity index (χ1n) is 11.6. The third-order valence-electron chi connectivity index (χ3n) is 5.46. The second kappa shape index (κ2) is 11.3. The summed E-state index contributed by atoms with van der Waals surface area (Å²) in [6, 6.07) is 16.7. The summed E-state index contributed by atoms with van der Waals surface area (Å²) in [4.78, 5) is 32.5. The largest absolute Gasteiger partial charge is 0.455 e. The predicted octanol–water partition coefficient (Wildman–Crippen LogP) is 4.81. The molecule has 2 aromatic carbocycles. The number of amides is 1. The molecule has 0 bridgehead atoms. The van der Waals surface area contributed by atoms with Gasteiger partial charge in [-0.3, -0.25) is 19.1 Å². The van der Waals surface area contributed by atoms with Crippen LogP contribution in [-0.4, -0.2) is 32.7 Å². The molecule has 4 rings (SSSR count). The molecule has 2 aromatic heterocycles. The monoisotopic (exact) mass is 472 g/mol. The number of imidazole rings is 1. The van der Waals surface area contributed by atoms with Gasteiger partial charge in [-0.1, -0.05) is 19.4 Å². The summed E-state index contributed by atoms with van der Waals surface area (Å²) in [5.41, 5.74) is 3.96. The minimum absolute atomic E-state index is 0.169. The highest BCUT2D eigenvalue weighted by atomic mass is 16.7. The van der Waals surface area contributed by atoms with Crippen LogP contribution in [0.2, 0.25) is 0 Å². The molecule has 1 N–H and O–H groups in total. The molecular weight excluding hydrogens is 444 g/mol. The van der Waals surface area contributed by atoms with Crippen molar-refractivity contribution in [2.24, 2.45) is 0 Å². The highest BCUT2D eigenvalue weighted by molar-refractivity contribution is 5.97. The quantitative estimate of drug-likeness (QED) is 0.263. The fourth-order valence-corrected chi connectivity index (χ4v) is 3.68. The number of unbranched alkanes of at least 4 members (excludes halogenated alkanes) is 1. The summed E-state index contributed by atoms with van der Waals surface area (Å²) >= 11 is 0. The molecule has 4 aromatic rings. The van der Waals surface area contributed by atoms with Crippen LogP contribution >= 0.6 is 0 Å². The minimum Gasteiger partial charge on any atom is -0.455 e. The number of nitrogens with zero attached hydrogens (tertiary/aromatic N) is 3. The van der Waals surface area contributed by atoms with Gasteiger partial charge in [-0.15, -0.1) is 0 Å². The Morgan fingerprint density at radius 1 is 1.11 bits per heavy atom. The van der Waals surface area contributed by atoms with Crippen LogP contribution in [0, 0.1) is 0 Å². The molecule has 0 fully saturated rings. The number of nitrogens with one attached hydrogen (secondary N) is 1. The van der Waals surface area contributed by atoms with Crippen LogP contribution < -0.4 is 10.1 Å². The Balaban J connectivity index is 1.45. The van der Waals surface area contributed by atoms with Gasteiger partial charge in [0.2, 0.25) is 6.29 Å². The Morgan fingerprint density at radius 3 is 2.66 bits per heavy atom. The minimum atomic E-state index is -0.602. The fraction of sp³-hybridized carbons (Fsp3) is 0.259. The highest BCUT2D eigenvalue weighted by Gasteiger charge is 2.14. The van der Waals surface area contributed by atoms with E-state index in [0.717, 1.165) is 29.6 Å². The standard InChI is InChI=1S/C27H28N4O4/c1-3-4-7-26(34-19(2)32)35-23-11-9-22(10-12-23)31-18-30-24-15-21(8-13-25(24)31)27(33)29-17-20-6-5-14-28-16-20/h5-6,8-16,18,26H,3-4,7,17H2,1-2H3,(H,29,33). The molecule has 0 radical (unpaired) electrons. The summed E-state index contributed by atoms with van der Waals surface area (Å²) in [5.74, 6) is 0.0862. The molecule has 1 unspecified atom stereocenters. The number of fused-ring (bicyclic) bond motifs is 1. The van der Waals surface area contributed by atoms with Gasteiger partial charge in [0.1, 0.15) is 12.1 Å². The Kier molecular flexibility index (Phi) is 7.72. The van der Waals surface area contributed by atoms with Crippen molar-refractivity contribution in [3.8, 4) is 11.4 Å². The van der Waals surface area contributed by atoms with E-state index in [0.29, 0.717) is 29.8 Å². The smallest absolute Gasteiger partial charge is 0.305 e. The number of aromatic nitrogens is 3. The van der Waals surface area contributed by atoms with Gasteiger partial charge in [0, 0.05) is 43.5 Å². The topological polar surface area (TPSA) is 95.3 Å². The van der Waals surface area contributed by atoms with Crippen LogP contribution in [0.1, 0.15) is 49.0 Å². The van der Waals surface area contributed by atoms with Crippen LogP contribution in [0.3, 0.4) is 0 Å². The lowest BCUT2D eigenvalue weighted by atomic mass is 10.1. The summed E-state index contributed by atoms with van der Waals surface area (Å²) in [7, 11) is 0. The van der Waals surface area contributed by atoms with Crippen molar-refractivity contribution in [1.29, 1.82) is 0 Å². The number of esters is 1. The van der Waals surface area contributed by atoms with Crippen LogP contribution in [0.15, 0.2) is 73.3 Å². The zero-order valence-corrected chi connectivity index (χ0v) is 19.8. The summed E-state index contributed by atoms with van der Waals surface area (Å²) in [5, 5.41) is 2.91. The maximum atomic E-state index is 12.6. The van der Waals surface area contributed by atoms with Crippen LogP contribution in [0.4, 0.5) is 0 Å². The average Bonchev–Trinajstić information content (AvgIpc) is 3.30. The van der Waals surface area contributed by atoms with Gasteiger partial charge in [0.25, 0.3) is 5.91 Å². The van der Waals surface area contributed by atoms with E-state index >= 15 is 0 Å². The van der Waals surface area contributed by atoms with Crippen molar-refractivity contribution in [3.05, 3.63) is 84.4 Å². The number of carbonyl (C=O) groups excluding carboxylic acids is 2. The second-order valence-corrected chi connectivity index (χ2v) is 8.15. The molecule has 8 heteroatoms. The first kappa shape index (κ1) is 23.9. The van der Waals surface area contributed by atoms with Crippen molar-refractivity contribution >= 4 is 22.9 Å². The predicted molar refractivity (Wildman–Crippen MR) is 132 cm³/mol. The van der Waals surface area contributed by atoms with E-state index < -0.39 is 6.29 Å². The van der Waals surface area contributed by atoms with Gasteiger partial charge < -0.3 is 14.8 Å². The first-order chi connectivity index (χ1) is 17.0. The van der Waals surface area contributed by atoms with E-state index in [9.17, 15) is 9.59 Å². The van der Waals surface area contributed by atoms with Crippen LogP contribution in [-0.2, 0) is 16.1 Å². The van der Waals surface area contributed by atoms with Crippen molar-refractivity contribution < 1.29 is 19.1 Å². The molecule has 35 heavy (non-hydrogen) atoms. The third kappa shape index (κ3) is 6.23. The molecule has 2 heterocycles. The highest BCUT2D eigenvalue weighted by Crippen LogP contribution is 2.23. The van der Waals surface area contributed by atoms with Crippen molar-refractivity contribution in [2.45, 2.75) is 45.9 Å². The number of hydrogen-bond acceptors (Lipinski definition) is 6. The lowest BCUT2D eigenvalue weighted by Gasteiger charge is -2.18. The van der Waals surface area contributed by atoms with Gasteiger partial charge >= 0.3 is 5.97 Å². The number of benzene rings is 2. The van der Waals surface area contributed by atoms with Gasteiger partial charge in [-0.25, -0.2) is 4.98 Å². The zero-order valence-electron chi connectivity index (χ0n) is 19.8. The second-order valence-electron chi connectivity index (χ2n) is 8.15. The Morgan fingerprint density at radius 2 is 1.94 bits per heavy atom. The molecule has 0 aliphatic rings. The maximum absolute atomic E-state index is 12.6. The van der Waals surface area contributed by atoms with E-state index in [-0.39, 0.29) is 11.9 Å². The SMILES string of the molecule is CCCCC(OC(C)=O)Oc1ccc(-n2cnc3cc(C(=O)NCc4cccnc4)ccc32)cc1. The molecule has 1 amide bonds. The van der Waals surface area contributed by atoms with Crippen LogP contribution in [0.5, 0.6) is 5.75 Å². The number of pyridine rings is 1. The summed E-state index contributed by atoms with van der Waals surface area (Å²) in [6.07, 6.45) is 7.08. The zero-order chi connectivity index (χ0) is 24.6. The summed E-state index contributed by atoms with van der Waals surface area (Å²) < 4.78 is 13.1. The first-order valence-corrected chi connectivity index (χ1v) is 11.6. The van der Waals surface area contributed by atoms with Crippen LogP contribution in [0.25, 0.3) is 16.7 Å². The molecule has 1 atom stereocenters. The molecule has 0 aliphatic carbocycles. The van der Waals surface area contributed by atoms with E-state index in [2.05, 4.69) is 22.2 Å². The van der Waals surface area contributed by atoms with Gasteiger partial charge in [-0.05, 0) is 60.5 Å². The van der Waals surface area contributed by atoms with Gasteiger partial charge in [0.05, 0.1) is 11.0 Å². The molecule has 0 spiro atoms. The summed E-state index contributed by atoms with van der Waals surface area (Å²) in [6.45, 7) is 3.86. The van der Waals surface area contributed by atoms with Crippen molar-refractivity contribution in [2.75, 3.05) is 0 Å². The average molecular weight is 473 g/mol. The molecule has 0 aliphatic heterocycles. The molecule has 0 saturated carbocycles. The van der Waals surface area contributed by atoms with E-state index in [1.54, 1.807) is 30.9 Å². The number of ether oxygens (including phenoxy) is 2. The third-order valence-corrected chi connectivity index (χ3v) is 5.46. The van der Waals surface area contributed by atoms with E-state index in [1.165, 1.54) is 6.92 Å². The fourth-order valence-electron chi connectivity index (χ4n) is 3.68. The van der Waals surface area contributed by atoms with Gasteiger partial charge in [-0.2, -0.15) is 0 Å². The van der Waals surface area contributed by atoms with Crippen molar-refractivity contribution in [3.63, 3.8) is 0 Å². The molecular formula is C27H28N4O4. The number of rotatable bonds is 10. The lowest BCUT2D eigenvalue weighted by Crippen LogP contribution is -2.23. The Bertz CT molecular complexity index is 1290. The lowest BCUT2D eigenvalue weighted by molar-refractivity contribution is -0.161. The van der Waals surface area contributed by atoms with Gasteiger partial charge in [0.15, 0.2) is 0 Å². The molecule has 8 nitrogen and oxygen atoms in total. The Hall–Kier alpha value is -4.20. The maximum Gasteiger partial charge on any atom is 0.305 e. The van der Waals surface area contributed by atoms with Crippen molar-refractivity contribution in [1.82, 2.24) is 19.9 Å². The normalized spacial score (nSPS) is 11.7. The number of hydrogen-bond donors (Lipinski definition) is 1. The number of carbonyl (C=O) groups is 2.